The fourth-order valence-corrected chi connectivity index (χ4v) is 3.38. The lowest BCUT2D eigenvalue weighted by Gasteiger charge is -2.41. The summed E-state index contributed by atoms with van der Waals surface area (Å²) < 4.78 is 1.23. The second-order valence-corrected chi connectivity index (χ2v) is 6.61. The van der Waals surface area contributed by atoms with Crippen LogP contribution in [0.15, 0.2) is 53.3 Å². The Labute approximate surface area is 149 Å². The van der Waals surface area contributed by atoms with Crippen LogP contribution in [0.25, 0.3) is 10.8 Å². The summed E-state index contributed by atoms with van der Waals surface area (Å²) >= 11 is 5.95. The Kier molecular flexibility index (Phi) is 3.81. The Morgan fingerprint density at radius 2 is 1.80 bits per heavy atom. The Hall–Kier alpha value is -2.66. The Morgan fingerprint density at radius 3 is 2.44 bits per heavy atom. The highest BCUT2D eigenvalue weighted by Gasteiger charge is 2.35. The van der Waals surface area contributed by atoms with Crippen molar-refractivity contribution in [2.24, 2.45) is 7.05 Å². The van der Waals surface area contributed by atoms with Crippen LogP contribution < -0.4 is 5.56 Å². The minimum absolute atomic E-state index is 0.0163. The minimum Gasteiger partial charge on any atom is -0.330 e. The van der Waals surface area contributed by atoms with Gasteiger partial charge in [-0.2, -0.15) is 5.10 Å². The fraction of sp³-hybridized carbons (Fsp3) is 0.211. The van der Waals surface area contributed by atoms with E-state index in [1.54, 1.807) is 30.1 Å². The number of carbonyl (C=O) groups excluding carboxylic acids is 1. The van der Waals surface area contributed by atoms with E-state index < -0.39 is 0 Å². The Bertz CT molecular complexity index is 1030. The molecule has 1 aliphatic rings. The van der Waals surface area contributed by atoms with Gasteiger partial charge in [-0.15, -0.1) is 0 Å². The molecule has 1 fully saturated rings. The normalized spacial score (nSPS) is 16.7. The molecular weight excluding hydrogens is 338 g/mol. The van der Waals surface area contributed by atoms with Crippen LogP contribution in [0.1, 0.15) is 28.5 Å². The molecule has 1 amide bonds. The van der Waals surface area contributed by atoms with Crippen molar-refractivity contribution in [1.82, 2.24) is 14.7 Å². The van der Waals surface area contributed by atoms with E-state index in [1.807, 2.05) is 30.3 Å². The van der Waals surface area contributed by atoms with Gasteiger partial charge in [-0.1, -0.05) is 41.9 Å². The number of fused-ring (bicyclic) bond motifs is 1. The lowest BCUT2D eigenvalue weighted by atomic mass is 9.94. The number of amides is 1. The summed E-state index contributed by atoms with van der Waals surface area (Å²) in [5.74, 6) is -0.155. The predicted octanol–water partition coefficient (Wildman–Crippen LogP) is 3.17. The summed E-state index contributed by atoms with van der Waals surface area (Å²) in [6.07, 6.45) is 0.900. The van der Waals surface area contributed by atoms with Crippen molar-refractivity contribution >= 4 is 28.3 Å². The van der Waals surface area contributed by atoms with E-state index in [9.17, 15) is 9.59 Å². The van der Waals surface area contributed by atoms with Crippen LogP contribution in [-0.4, -0.2) is 27.1 Å². The standard InChI is InChI=1S/C19H16ClN3O2/c1-22-18(24)15-5-3-2-4-14(15)17(21-22)19(25)23-11-10-16(23)12-6-8-13(20)9-7-12/h2-9,16H,10-11H2,1H3. The molecule has 4 rings (SSSR count). The zero-order chi connectivity index (χ0) is 17.6. The van der Waals surface area contributed by atoms with Gasteiger partial charge in [0.25, 0.3) is 11.5 Å². The molecule has 0 saturated carbocycles. The van der Waals surface area contributed by atoms with Gasteiger partial charge >= 0.3 is 0 Å². The third-order valence-electron chi connectivity index (χ3n) is 4.69. The lowest BCUT2D eigenvalue weighted by molar-refractivity contribution is 0.0454. The third-order valence-corrected chi connectivity index (χ3v) is 4.95. The second-order valence-electron chi connectivity index (χ2n) is 6.18. The summed E-state index contributed by atoms with van der Waals surface area (Å²) in [4.78, 5) is 27.1. The summed E-state index contributed by atoms with van der Waals surface area (Å²) in [5, 5.41) is 6.01. The van der Waals surface area contributed by atoms with Crippen LogP contribution in [0, 0.1) is 0 Å². The van der Waals surface area contributed by atoms with Crippen LogP contribution in [0.2, 0.25) is 5.02 Å². The molecule has 0 aliphatic carbocycles. The van der Waals surface area contributed by atoms with Crippen molar-refractivity contribution in [1.29, 1.82) is 0 Å². The first-order valence-corrected chi connectivity index (χ1v) is 8.46. The smallest absolute Gasteiger partial charge is 0.275 e. The molecule has 0 N–H and O–H groups in total. The fourth-order valence-electron chi connectivity index (χ4n) is 3.26. The lowest BCUT2D eigenvalue weighted by Crippen LogP contribution is -2.46. The van der Waals surface area contributed by atoms with Gasteiger partial charge in [0.2, 0.25) is 0 Å². The highest BCUT2D eigenvalue weighted by molar-refractivity contribution is 6.30. The molecule has 1 atom stereocenters. The first-order valence-electron chi connectivity index (χ1n) is 8.09. The van der Waals surface area contributed by atoms with Crippen LogP contribution in [0.5, 0.6) is 0 Å². The van der Waals surface area contributed by atoms with Gasteiger partial charge in [0, 0.05) is 24.0 Å². The van der Waals surface area contributed by atoms with Crippen molar-refractivity contribution in [3.8, 4) is 0 Å². The van der Waals surface area contributed by atoms with Crippen LogP contribution >= 0.6 is 11.6 Å². The average molecular weight is 354 g/mol. The maximum absolute atomic E-state index is 13.1. The van der Waals surface area contributed by atoms with Crippen LogP contribution in [0.4, 0.5) is 0 Å². The number of aromatic nitrogens is 2. The van der Waals surface area contributed by atoms with E-state index in [-0.39, 0.29) is 17.5 Å². The number of hydrogen-bond acceptors (Lipinski definition) is 3. The number of nitrogens with zero attached hydrogens (tertiary/aromatic N) is 3. The topological polar surface area (TPSA) is 55.2 Å². The summed E-state index contributed by atoms with van der Waals surface area (Å²) in [5.41, 5.74) is 1.17. The molecule has 0 bridgehead atoms. The van der Waals surface area contributed by atoms with Gasteiger partial charge in [-0.3, -0.25) is 9.59 Å². The van der Waals surface area contributed by atoms with Crippen LogP contribution in [0.3, 0.4) is 0 Å². The van der Waals surface area contributed by atoms with E-state index >= 15 is 0 Å². The van der Waals surface area contributed by atoms with E-state index in [1.165, 1.54) is 4.68 Å². The largest absolute Gasteiger partial charge is 0.330 e. The molecule has 1 saturated heterocycles. The monoisotopic (exact) mass is 353 g/mol. The van der Waals surface area contributed by atoms with E-state index in [0.29, 0.717) is 28.0 Å². The molecule has 1 aliphatic heterocycles. The molecular formula is C19H16ClN3O2. The highest BCUT2D eigenvalue weighted by atomic mass is 35.5. The first kappa shape index (κ1) is 15.8. The van der Waals surface area contributed by atoms with E-state index in [2.05, 4.69) is 5.10 Å². The molecule has 1 aromatic heterocycles. The van der Waals surface area contributed by atoms with Gasteiger partial charge in [-0.05, 0) is 30.2 Å². The van der Waals surface area contributed by atoms with Crippen molar-refractivity contribution in [3.63, 3.8) is 0 Å². The summed E-state index contributed by atoms with van der Waals surface area (Å²) in [6.45, 7) is 0.672. The molecule has 1 unspecified atom stereocenters. The minimum atomic E-state index is -0.204. The van der Waals surface area contributed by atoms with Crippen molar-refractivity contribution in [2.75, 3.05) is 6.54 Å². The SMILES string of the molecule is Cn1nc(C(=O)N2CCC2c2ccc(Cl)cc2)c2ccccc2c1=O. The number of likely N-dealkylation sites (tertiary alicyclic amines) is 1. The average Bonchev–Trinajstić information content (AvgIpc) is 2.59. The quantitative estimate of drug-likeness (QED) is 0.711. The van der Waals surface area contributed by atoms with E-state index in [0.717, 1.165) is 12.0 Å². The number of hydrogen-bond donors (Lipinski definition) is 0. The van der Waals surface area contributed by atoms with Gasteiger partial charge < -0.3 is 4.90 Å². The number of benzene rings is 2. The van der Waals surface area contributed by atoms with Crippen molar-refractivity contribution < 1.29 is 4.79 Å². The Balaban J connectivity index is 1.74. The molecule has 126 valence electrons. The van der Waals surface area contributed by atoms with Crippen molar-refractivity contribution in [3.05, 3.63) is 75.2 Å². The van der Waals surface area contributed by atoms with Gasteiger partial charge in [0.05, 0.1) is 11.4 Å². The van der Waals surface area contributed by atoms with E-state index in [4.69, 9.17) is 11.6 Å². The number of carbonyl (C=O) groups is 1. The number of aryl methyl sites for hydroxylation is 1. The molecule has 3 aromatic rings. The Morgan fingerprint density at radius 1 is 1.12 bits per heavy atom. The third kappa shape index (κ3) is 2.61. The zero-order valence-corrected chi connectivity index (χ0v) is 14.4. The number of rotatable bonds is 2. The molecule has 5 nitrogen and oxygen atoms in total. The molecule has 0 radical (unpaired) electrons. The van der Waals surface area contributed by atoms with Gasteiger partial charge in [-0.25, -0.2) is 4.68 Å². The van der Waals surface area contributed by atoms with Crippen molar-refractivity contribution in [2.45, 2.75) is 12.5 Å². The maximum atomic E-state index is 13.1. The predicted molar refractivity (Wildman–Crippen MR) is 96.8 cm³/mol. The molecule has 6 heteroatoms. The highest BCUT2D eigenvalue weighted by Crippen LogP contribution is 2.35. The first-order chi connectivity index (χ1) is 12.1. The van der Waals surface area contributed by atoms with Gasteiger partial charge in [0.15, 0.2) is 5.69 Å². The summed E-state index contributed by atoms with van der Waals surface area (Å²) in [7, 11) is 1.57. The van der Waals surface area contributed by atoms with Gasteiger partial charge in [0.1, 0.15) is 0 Å². The maximum Gasteiger partial charge on any atom is 0.275 e. The molecule has 2 aromatic carbocycles. The summed E-state index contributed by atoms with van der Waals surface area (Å²) in [6, 6.07) is 14.7. The second kappa shape index (κ2) is 6.01. The number of halogens is 1. The molecule has 2 heterocycles. The molecule has 0 spiro atoms. The zero-order valence-electron chi connectivity index (χ0n) is 13.6. The van der Waals surface area contributed by atoms with Crippen LogP contribution in [-0.2, 0) is 7.05 Å². The molecule has 25 heavy (non-hydrogen) atoms.